The van der Waals surface area contributed by atoms with Crippen molar-refractivity contribution in [3.63, 3.8) is 0 Å². The highest BCUT2D eigenvalue weighted by Crippen LogP contribution is 2.22. The third kappa shape index (κ3) is 3.26. The first kappa shape index (κ1) is 17.2. The second kappa shape index (κ2) is 6.51. The van der Waals surface area contributed by atoms with E-state index in [-0.39, 0.29) is 11.4 Å². The molecule has 0 atom stereocenters. The molecular weight excluding hydrogens is 370 g/mol. The Kier molecular flexibility index (Phi) is 5.08. The van der Waals surface area contributed by atoms with Crippen LogP contribution in [0.15, 0.2) is 21.8 Å². The van der Waals surface area contributed by atoms with Crippen LogP contribution in [0.4, 0.5) is 0 Å². The van der Waals surface area contributed by atoms with Crippen molar-refractivity contribution in [2.75, 3.05) is 7.05 Å². The number of nitrogens with zero attached hydrogens (tertiary/aromatic N) is 5. The van der Waals surface area contributed by atoms with Crippen LogP contribution in [-0.2, 0) is 29.7 Å². The van der Waals surface area contributed by atoms with Gasteiger partial charge in [-0.25, -0.2) is 8.42 Å². The third-order valence-electron chi connectivity index (χ3n) is 3.40. The van der Waals surface area contributed by atoms with Crippen LogP contribution < -0.4 is 0 Å². The fraction of sp³-hybridized carbons (Fsp3) is 0.538. The molecule has 0 amide bonds. The quantitative estimate of drug-likeness (QED) is 0.757. The molecule has 0 aromatic carbocycles. The molecular formula is C13H20BrN5O2S. The minimum absolute atomic E-state index is 0.201. The third-order valence-corrected chi connectivity index (χ3v) is 5.97. The van der Waals surface area contributed by atoms with Gasteiger partial charge in [-0.15, -0.1) is 0 Å². The van der Waals surface area contributed by atoms with Crippen molar-refractivity contribution in [3.05, 3.63) is 28.3 Å². The molecule has 2 aromatic heterocycles. The van der Waals surface area contributed by atoms with Crippen molar-refractivity contribution in [1.29, 1.82) is 0 Å². The van der Waals surface area contributed by atoms with E-state index >= 15 is 0 Å². The highest BCUT2D eigenvalue weighted by Gasteiger charge is 2.26. The van der Waals surface area contributed by atoms with Gasteiger partial charge >= 0.3 is 0 Å². The van der Waals surface area contributed by atoms with Crippen LogP contribution in [0.25, 0.3) is 0 Å². The summed E-state index contributed by atoms with van der Waals surface area (Å²) in [7, 11) is -2.04. The number of halogens is 1. The van der Waals surface area contributed by atoms with Crippen LogP contribution in [0.3, 0.4) is 0 Å². The number of hydrogen-bond donors (Lipinski definition) is 0. The Balaban J connectivity index is 2.28. The molecule has 0 radical (unpaired) electrons. The molecule has 0 spiro atoms. The molecule has 0 bridgehead atoms. The summed E-state index contributed by atoms with van der Waals surface area (Å²) in [5.74, 6) is 0. The van der Waals surface area contributed by atoms with Crippen molar-refractivity contribution in [2.45, 2.75) is 45.3 Å². The maximum atomic E-state index is 12.7. The van der Waals surface area contributed by atoms with Crippen LogP contribution in [0.1, 0.15) is 25.2 Å². The summed E-state index contributed by atoms with van der Waals surface area (Å²) in [6.45, 7) is 7.17. The summed E-state index contributed by atoms with van der Waals surface area (Å²) in [5.41, 5.74) is 1.19. The van der Waals surface area contributed by atoms with E-state index < -0.39 is 10.0 Å². The summed E-state index contributed by atoms with van der Waals surface area (Å²) in [4.78, 5) is 0.239. The molecule has 0 aliphatic heterocycles. The number of aromatic nitrogens is 4. The van der Waals surface area contributed by atoms with Crippen LogP contribution in [0, 0.1) is 6.92 Å². The fourth-order valence-electron chi connectivity index (χ4n) is 2.08. The Morgan fingerprint density at radius 1 is 1.18 bits per heavy atom. The average molecular weight is 390 g/mol. The van der Waals surface area contributed by atoms with Crippen molar-refractivity contribution < 1.29 is 8.42 Å². The summed E-state index contributed by atoms with van der Waals surface area (Å²) in [6, 6.07) is 0. The van der Waals surface area contributed by atoms with E-state index in [2.05, 4.69) is 26.1 Å². The van der Waals surface area contributed by atoms with Gasteiger partial charge in [0.1, 0.15) is 4.90 Å². The lowest BCUT2D eigenvalue weighted by molar-refractivity contribution is 0.457. The molecule has 0 aliphatic rings. The second-order valence-electron chi connectivity index (χ2n) is 4.97. The molecule has 0 saturated heterocycles. The molecule has 0 N–H and O–H groups in total. The van der Waals surface area contributed by atoms with Crippen molar-refractivity contribution in [2.24, 2.45) is 0 Å². The lowest BCUT2D eigenvalue weighted by Crippen LogP contribution is -2.27. The van der Waals surface area contributed by atoms with Crippen LogP contribution in [0.2, 0.25) is 0 Å². The summed E-state index contributed by atoms with van der Waals surface area (Å²) < 4.78 is 30.9. The van der Waals surface area contributed by atoms with Crippen LogP contribution in [0.5, 0.6) is 0 Å². The molecule has 122 valence electrons. The molecule has 0 fully saturated rings. The zero-order valence-electron chi connectivity index (χ0n) is 13.1. The molecule has 7 nitrogen and oxygen atoms in total. The molecule has 22 heavy (non-hydrogen) atoms. The maximum absolute atomic E-state index is 12.7. The predicted octanol–water partition coefficient (Wildman–Crippen LogP) is 2.01. The minimum Gasteiger partial charge on any atom is -0.272 e. The normalized spacial score (nSPS) is 12.3. The Labute approximate surface area is 139 Å². The van der Waals surface area contributed by atoms with Crippen LogP contribution in [-0.4, -0.2) is 39.3 Å². The first-order valence-corrected chi connectivity index (χ1v) is 9.25. The number of sulfonamides is 1. The zero-order valence-corrected chi connectivity index (χ0v) is 15.5. The topological polar surface area (TPSA) is 73.0 Å². The van der Waals surface area contributed by atoms with E-state index in [1.807, 2.05) is 20.0 Å². The first-order chi connectivity index (χ1) is 10.3. The van der Waals surface area contributed by atoms with Crippen molar-refractivity contribution in [1.82, 2.24) is 23.9 Å². The Hall–Kier alpha value is -1.19. The van der Waals surface area contributed by atoms with Gasteiger partial charge in [-0.1, -0.05) is 0 Å². The lowest BCUT2D eigenvalue weighted by atomic mass is 10.4. The molecule has 0 aliphatic carbocycles. The first-order valence-electron chi connectivity index (χ1n) is 7.01. The Morgan fingerprint density at radius 2 is 1.77 bits per heavy atom. The monoisotopic (exact) mass is 389 g/mol. The van der Waals surface area contributed by atoms with E-state index in [1.54, 1.807) is 29.5 Å². The van der Waals surface area contributed by atoms with E-state index in [0.717, 1.165) is 11.0 Å². The van der Waals surface area contributed by atoms with Gasteiger partial charge in [0.15, 0.2) is 0 Å². The summed E-state index contributed by atoms with van der Waals surface area (Å²) in [5, 5.41) is 8.56. The number of hydrogen-bond acceptors (Lipinski definition) is 4. The molecule has 9 heteroatoms. The van der Waals surface area contributed by atoms with Gasteiger partial charge in [0.05, 0.1) is 22.4 Å². The van der Waals surface area contributed by atoms with Gasteiger partial charge in [-0.2, -0.15) is 14.5 Å². The van der Waals surface area contributed by atoms with E-state index in [0.29, 0.717) is 17.9 Å². The SMILES string of the molecule is CCn1cc(S(=O)(=O)N(C)Cc2nn(CC)cc2Br)c(C)n1. The van der Waals surface area contributed by atoms with Crippen molar-refractivity contribution in [3.8, 4) is 0 Å². The van der Waals surface area contributed by atoms with Gasteiger partial charge in [0.25, 0.3) is 0 Å². The number of rotatable bonds is 6. The molecule has 2 rings (SSSR count). The van der Waals surface area contributed by atoms with Gasteiger partial charge in [0.2, 0.25) is 10.0 Å². The Morgan fingerprint density at radius 3 is 2.27 bits per heavy atom. The summed E-state index contributed by atoms with van der Waals surface area (Å²) in [6.07, 6.45) is 3.41. The Bertz CT molecular complexity index is 765. The minimum atomic E-state index is -3.59. The van der Waals surface area contributed by atoms with Gasteiger partial charge in [0, 0.05) is 32.5 Å². The van der Waals surface area contributed by atoms with Crippen LogP contribution >= 0.6 is 15.9 Å². The van der Waals surface area contributed by atoms with Gasteiger partial charge in [-0.3, -0.25) is 9.36 Å². The molecule has 2 heterocycles. The predicted molar refractivity (Wildman–Crippen MR) is 86.9 cm³/mol. The molecule has 0 saturated carbocycles. The highest BCUT2D eigenvalue weighted by atomic mass is 79.9. The van der Waals surface area contributed by atoms with E-state index in [1.165, 1.54) is 4.31 Å². The van der Waals surface area contributed by atoms with Gasteiger partial charge < -0.3 is 0 Å². The standard InChI is InChI=1S/C13H20BrN5O2S/c1-5-18-7-11(14)12(16-18)8-17(4)22(20,21)13-9-19(6-2)15-10(13)3/h7,9H,5-6,8H2,1-4H3. The highest BCUT2D eigenvalue weighted by molar-refractivity contribution is 9.10. The van der Waals surface area contributed by atoms with E-state index in [4.69, 9.17) is 0 Å². The van der Waals surface area contributed by atoms with Gasteiger partial charge in [-0.05, 0) is 36.7 Å². The van der Waals surface area contributed by atoms with Crippen molar-refractivity contribution >= 4 is 26.0 Å². The largest absolute Gasteiger partial charge is 0.272 e. The molecule has 2 aromatic rings. The maximum Gasteiger partial charge on any atom is 0.246 e. The smallest absolute Gasteiger partial charge is 0.246 e. The molecule has 0 unspecified atom stereocenters. The number of aryl methyl sites for hydroxylation is 3. The fourth-order valence-corrected chi connectivity index (χ4v) is 3.82. The summed E-state index contributed by atoms with van der Waals surface area (Å²) >= 11 is 3.42. The lowest BCUT2D eigenvalue weighted by Gasteiger charge is -2.15. The average Bonchev–Trinajstić information content (AvgIpc) is 3.02. The van der Waals surface area contributed by atoms with E-state index in [9.17, 15) is 8.42 Å². The second-order valence-corrected chi connectivity index (χ2v) is 7.84. The zero-order chi connectivity index (χ0) is 16.5.